The van der Waals surface area contributed by atoms with Gasteiger partial charge in [-0.15, -0.1) is 0 Å². The smallest absolute Gasteiger partial charge is 0.337 e. The number of hydrogen-bond donors (Lipinski definition) is 2. The van der Waals surface area contributed by atoms with Crippen LogP contribution in [-0.4, -0.2) is 54.1 Å². The first-order chi connectivity index (χ1) is 15.0. The zero-order chi connectivity index (χ0) is 21.8. The summed E-state index contributed by atoms with van der Waals surface area (Å²) >= 11 is 0. The number of anilines is 2. The van der Waals surface area contributed by atoms with Crippen molar-refractivity contribution in [1.29, 1.82) is 0 Å². The molecule has 2 fully saturated rings. The van der Waals surface area contributed by atoms with Gasteiger partial charge in [-0.2, -0.15) is 0 Å². The Morgan fingerprint density at radius 3 is 2.26 bits per heavy atom. The Bertz CT molecular complexity index is 928. The number of nitrogens with zero attached hydrogens (tertiary/aromatic N) is 2. The molecule has 2 heterocycles. The maximum absolute atomic E-state index is 12.5. The van der Waals surface area contributed by atoms with Gasteiger partial charge in [0.2, 0.25) is 0 Å². The van der Waals surface area contributed by atoms with Crippen molar-refractivity contribution in [3.05, 3.63) is 59.2 Å². The largest absolute Gasteiger partial charge is 0.478 e. The van der Waals surface area contributed by atoms with E-state index in [1.165, 1.54) is 32.4 Å². The monoisotopic (exact) mass is 421 g/mol. The van der Waals surface area contributed by atoms with Crippen LogP contribution in [0.2, 0.25) is 0 Å². The molecular weight excluding hydrogens is 390 g/mol. The predicted molar refractivity (Wildman–Crippen MR) is 123 cm³/mol. The fraction of sp³-hybridized carbons (Fsp3) is 0.440. The standard InChI is InChI=1S/C25H31N3O3/c1-18-5-7-19(8-6-18)24(29)26-20-9-10-23(22(17-20)25(30)31)28-15-11-21(12-16-28)27-13-3-2-4-14-27/h5-10,17,21H,2-4,11-16H2,1H3,(H,26,29)(H,30,31). The van der Waals surface area contributed by atoms with E-state index in [-0.39, 0.29) is 11.5 Å². The van der Waals surface area contributed by atoms with Crippen LogP contribution in [0, 0.1) is 6.92 Å². The third-order valence-electron chi connectivity index (χ3n) is 6.51. The number of hydrogen-bond acceptors (Lipinski definition) is 4. The number of aromatic carboxylic acids is 1. The molecule has 0 unspecified atom stereocenters. The number of nitrogens with one attached hydrogen (secondary N) is 1. The van der Waals surface area contributed by atoms with Gasteiger partial charge in [0.25, 0.3) is 5.91 Å². The van der Waals surface area contributed by atoms with Crippen LogP contribution in [0.4, 0.5) is 11.4 Å². The van der Waals surface area contributed by atoms with Gasteiger partial charge in [0.1, 0.15) is 0 Å². The van der Waals surface area contributed by atoms with Gasteiger partial charge in [0, 0.05) is 30.4 Å². The number of rotatable bonds is 5. The number of likely N-dealkylation sites (tertiary alicyclic amines) is 1. The highest BCUT2D eigenvalue weighted by molar-refractivity contribution is 6.05. The molecule has 2 saturated heterocycles. The Balaban J connectivity index is 1.44. The van der Waals surface area contributed by atoms with E-state index in [0.717, 1.165) is 37.2 Å². The van der Waals surface area contributed by atoms with Crippen molar-refractivity contribution in [2.75, 3.05) is 36.4 Å². The molecule has 0 radical (unpaired) electrons. The Morgan fingerprint density at radius 2 is 1.61 bits per heavy atom. The van der Waals surface area contributed by atoms with Crippen molar-refractivity contribution in [3.8, 4) is 0 Å². The number of carboxylic acids is 1. The van der Waals surface area contributed by atoms with Gasteiger partial charge in [-0.25, -0.2) is 4.79 Å². The van der Waals surface area contributed by atoms with Crippen molar-refractivity contribution in [2.45, 2.75) is 45.1 Å². The van der Waals surface area contributed by atoms with Gasteiger partial charge >= 0.3 is 5.97 Å². The summed E-state index contributed by atoms with van der Waals surface area (Å²) in [5, 5.41) is 12.6. The second-order valence-corrected chi connectivity index (χ2v) is 8.67. The third-order valence-corrected chi connectivity index (χ3v) is 6.51. The van der Waals surface area contributed by atoms with E-state index in [4.69, 9.17) is 0 Å². The van der Waals surface area contributed by atoms with E-state index < -0.39 is 5.97 Å². The van der Waals surface area contributed by atoms with Crippen molar-refractivity contribution in [2.24, 2.45) is 0 Å². The van der Waals surface area contributed by atoms with Crippen LogP contribution in [0.5, 0.6) is 0 Å². The average Bonchev–Trinajstić information content (AvgIpc) is 2.80. The molecule has 4 rings (SSSR count). The number of carboxylic acid groups (broad SMARTS) is 1. The minimum absolute atomic E-state index is 0.234. The third kappa shape index (κ3) is 5.07. The van der Waals surface area contributed by atoms with E-state index in [2.05, 4.69) is 15.1 Å². The van der Waals surface area contributed by atoms with Crippen LogP contribution in [0.1, 0.15) is 58.4 Å². The predicted octanol–water partition coefficient (Wildman–Crippen LogP) is 4.40. The number of aryl methyl sites for hydroxylation is 1. The lowest BCUT2D eigenvalue weighted by atomic mass is 9.98. The molecule has 0 spiro atoms. The molecule has 1 amide bonds. The average molecular weight is 422 g/mol. The van der Waals surface area contributed by atoms with Crippen LogP contribution in [0.3, 0.4) is 0 Å². The lowest BCUT2D eigenvalue weighted by Crippen LogP contribution is -2.47. The SMILES string of the molecule is Cc1ccc(C(=O)Nc2ccc(N3CCC(N4CCCCC4)CC3)c(C(=O)O)c2)cc1. The van der Waals surface area contributed by atoms with Crippen molar-refractivity contribution < 1.29 is 14.7 Å². The van der Waals surface area contributed by atoms with Crippen LogP contribution >= 0.6 is 0 Å². The van der Waals surface area contributed by atoms with E-state index in [1.54, 1.807) is 24.3 Å². The molecule has 2 aliphatic rings. The van der Waals surface area contributed by atoms with Crippen LogP contribution in [0.25, 0.3) is 0 Å². The highest BCUT2D eigenvalue weighted by atomic mass is 16.4. The van der Waals surface area contributed by atoms with Crippen LogP contribution < -0.4 is 10.2 Å². The van der Waals surface area contributed by atoms with Crippen molar-refractivity contribution >= 4 is 23.3 Å². The zero-order valence-electron chi connectivity index (χ0n) is 18.1. The Hall–Kier alpha value is -2.86. The molecule has 2 N–H and O–H groups in total. The number of benzene rings is 2. The summed E-state index contributed by atoms with van der Waals surface area (Å²) in [6.45, 7) is 6.07. The zero-order valence-corrected chi connectivity index (χ0v) is 18.1. The van der Waals surface area contributed by atoms with Gasteiger partial charge in [-0.05, 0) is 76.0 Å². The molecule has 0 saturated carbocycles. The molecule has 6 heteroatoms. The van der Waals surface area contributed by atoms with E-state index in [1.807, 2.05) is 25.1 Å². The molecule has 164 valence electrons. The Kier molecular flexibility index (Phi) is 6.56. The number of carbonyl (C=O) groups is 2. The van der Waals surface area contributed by atoms with E-state index >= 15 is 0 Å². The normalized spacial score (nSPS) is 18.0. The molecule has 0 aliphatic carbocycles. The Morgan fingerprint density at radius 1 is 0.935 bits per heavy atom. The minimum Gasteiger partial charge on any atom is -0.478 e. The van der Waals surface area contributed by atoms with Gasteiger partial charge < -0.3 is 20.2 Å². The first-order valence-corrected chi connectivity index (χ1v) is 11.3. The maximum atomic E-state index is 12.5. The molecule has 2 aromatic carbocycles. The lowest BCUT2D eigenvalue weighted by molar-refractivity contribution is 0.0697. The summed E-state index contributed by atoms with van der Waals surface area (Å²) in [5.74, 6) is -1.22. The van der Waals surface area contributed by atoms with E-state index in [9.17, 15) is 14.7 Å². The van der Waals surface area contributed by atoms with Gasteiger partial charge in [-0.1, -0.05) is 24.1 Å². The summed E-state index contributed by atoms with van der Waals surface area (Å²) in [7, 11) is 0. The fourth-order valence-corrected chi connectivity index (χ4v) is 4.72. The van der Waals surface area contributed by atoms with Crippen LogP contribution in [0.15, 0.2) is 42.5 Å². The molecule has 0 aromatic heterocycles. The molecule has 0 bridgehead atoms. The summed E-state index contributed by atoms with van der Waals surface area (Å²) in [5.41, 5.74) is 3.09. The fourth-order valence-electron chi connectivity index (χ4n) is 4.72. The topological polar surface area (TPSA) is 72.9 Å². The van der Waals surface area contributed by atoms with E-state index in [0.29, 0.717) is 17.3 Å². The highest BCUT2D eigenvalue weighted by Crippen LogP contribution is 2.29. The van der Waals surface area contributed by atoms with Crippen molar-refractivity contribution in [3.63, 3.8) is 0 Å². The molecular formula is C25H31N3O3. The second-order valence-electron chi connectivity index (χ2n) is 8.67. The first kappa shape index (κ1) is 21.4. The minimum atomic E-state index is -0.973. The quantitative estimate of drug-likeness (QED) is 0.749. The molecule has 2 aromatic rings. The van der Waals surface area contributed by atoms with Gasteiger partial charge in [-0.3, -0.25) is 4.79 Å². The summed E-state index contributed by atoms with van der Waals surface area (Å²) in [6, 6.07) is 13.1. The maximum Gasteiger partial charge on any atom is 0.337 e. The summed E-state index contributed by atoms with van der Waals surface area (Å²) in [6.07, 6.45) is 6.04. The molecule has 6 nitrogen and oxygen atoms in total. The Labute approximate surface area is 183 Å². The number of amides is 1. The summed E-state index contributed by atoms with van der Waals surface area (Å²) in [4.78, 5) is 29.3. The molecule has 2 aliphatic heterocycles. The van der Waals surface area contributed by atoms with Crippen molar-refractivity contribution in [1.82, 2.24) is 4.90 Å². The molecule has 0 atom stereocenters. The van der Waals surface area contributed by atoms with Gasteiger partial charge in [0.15, 0.2) is 0 Å². The van der Waals surface area contributed by atoms with Crippen LogP contribution in [-0.2, 0) is 0 Å². The second kappa shape index (κ2) is 9.52. The molecule has 31 heavy (non-hydrogen) atoms. The van der Waals surface area contributed by atoms with Gasteiger partial charge in [0.05, 0.1) is 11.3 Å². The first-order valence-electron chi connectivity index (χ1n) is 11.3. The summed E-state index contributed by atoms with van der Waals surface area (Å²) < 4.78 is 0. The number of carbonyl (C=O) groups excluding carboxylic acids is 1. The highest BCUT2D eigenvalue weighted by Gasteiger charge is 2.27. The lowest BCUT2D eigenvalue weighted by Gasteiger charge is -2.41. The number of piperidine rings is 2.